The van der Waals surface area contributed by atoms with E-state index in [-0.39, 0.29) is 12.3 Å². The summed E-state index contributed by atoms with van der Waals surface area (Å²) >= 11 is 0. The molecule has 0 aliphatic rings. The molecule has 90 valence electrons. The van der Waals surface area contributed by atoms with Crippen LogP contribution < -0.4 is 5.73 Å². The molecule has 1 aromatic rings. The van der Waals surface area contributed by atoms with Gasteiger partial charge in [0.15, 0.2) is 9.84 Å². The summed E-state index contributed by atoms with van der Waals surface area (Å²) in [7, 11) is -3.17. The number of nitrogens with two attached hydrogens (primary N) is 1. The molecule has 0 radical (unpaired) electrons. The molecule has 0 aromatic heterocycles. The van der Waals surface area contributed by atoms with Gasteiger partial charge in [0, 0.05) is 6.54 Å². The van der Waals surface area contributed by atoms with Crippen LogP contribution in [-0.2, 0) is 22.1 Å². The number of halogens is 1. The average molecular weight is 245 g/mol. The lowest BCUT2D eigenvalue weighted by molar-refractivity contribution is 0.585. The van der Waals surface area contributed by atoms with Crippen molar-refractivity contribution in [1.29, 1.82) is 0 Å². The van der Waals surface area contributed by atoms with E-state index in [1.807, 2.05) is 0 Å². The van der Waals surface area contributed by atoms with E-state index in [2.05, 4.69) is 0 Å². The third-order valence-electron chi connectivity index (χ3n) is 2.46. The van der Waals surface area contributed by atoms with Gasteiger partial charge in [-0.05, 0) is 37.1 Å². The first kappa shape index (κ1) is 13.1. The fourth-order valence-corrected chi connectivity index (χ4v) is 2.36. The summed E-state index contributed by atoms with van der Waals surface area (Å²) in [6.07, 6.45) is 0. The molecule has 0 atom stereocenters. The molecule has 2 N–H and O–H groups in total. The van der Waals surface area contributed by atoms with E-state index in [4.69, 9.17) is 5.73 Å². The molecule has 0 amide bonds. The highest BCUT2D eigenvalue weighted by Crippen LogP contribution is 2.16. The van der Waals surface area contributed by atoms with Crippen LogP contribution in [0, 0.1) is 5.82 Å². The van der Waals surface area contributed by atoms with Crippen molar-refractivity contribution in [3.05, 3.63) is 35.1 Å². The Morgan fingerprint density at radius 3 is 2.44 bits per heavy atom. The van der Waals surface area contributed by atoms with Gasteiger partial charge in [-0.3, -0.25) is 0 Å². The minimum atomic E-state index is -3.17. The van der Waals surface area contributed by atoms with Gasteiger partial charge in [-0.15, -0.1) is 0 Å². The van der Waals surface area contributed by atoms with Gasteiger partial charge >= 0.3 is 0 Å². The zero-order valence-corrected chi connectivity index (χ0v) is 10.2. The molecule has 0 aliphatic carbocycles. The minimum absolute atomic E-state index is 0.0858. The van der Waals surface area contributed by atoms with E-state index in [0.717, 1.165) is 0 Å². The van der Waals surface area contributed by atoms with Gasteiger partial charge in [-0.1, -0.05) is 6.07 Å². The summed E-state index contributed by atoms with van der Waals surface area (Å²) in [6.45, 7) is 3.39. The van der Waals surface area contributed by atoms with Crippen LogP contribution in [0.1, 0.15) is 25.0 Å². The van der Waals surface area contributed by atoms with Gasteiger partial charge in [-0.2, -0.15) is 0 Å². The van der Waals surface area contributed by atoms with Crippen LogP contribution in [-0.4, -0.2) is 13.7 Å². The maximum absolute atomic E-state index is 12.9. The molecule has 0 saturated heterocycles. The van der Waals surface area contributed by atoms with Gasteiger partial charge < -0.3 is 5.73 Å². The molecule has 3 nitrogen and oxygen atoms in total. The summed E-state index contributed by atoms with van der Waals surface area (Å²) in [4.78, 5) is 0. The quantitative estimate of drug-likeness (QED) is 0.876. The molecular weight excluding hydrogens is 229 g/mol. The normalized spacial score (nSPS) is 12.1. The van der Waals surface area contributed by atoms with Crippen LogP contribution >= 0.6 is 0 Å². The Balaban J connectivity index is 3.07. The van der Waals surface area contributed by atoms with Crippen molar-refractivity contribution in [2.75, 3.05) is 0 Å². The molecule has 1 aromatic carbocycles. The van der Waals surface area contributed by atoms with Gasteiger partial charge in [0.2, 0.25) is 0 Å². The third kappa shape index (κ3) is 3.02. The van der Waals surface area contributed by atoms with Crippen molar-refractivity contribution in [2.24, 2.45) is 5.73 Å². The zero-order chi connectivity index (χ0) is 12.3. The first-order valence-corrected chi connectivity index (χ1v) is 6.77. The molecule has 16 heavy (non-hydrogen) atoms. The highest BCUT2D eigenvalue weighted by Gasteiger charge is 2.18. The molecule has 1 rings (SSSR count). The van der Waals surface area contributed by atoms with E-state index in [1.54, 1.807) is 13.8 Å². The number of benzene rings is 1. The predicted octanol–water partition coefficient (Wildman–Crippen LogP) is 1.61. The summed E-state index contributed by atoms with van der Waals surface area (Å²) in [5.74, 6) is -0.483. The van der Waals surface area contributed by atoms with Crippen LogP contribution in [0.2, 0.25) is 0 Å². The summed E-state index contributed by atoms with van der Waals surface area (Å²) in [5, 5.41) is -0.442. The lowest BCUT2D eigenvalue weighted by Crippen LogP contribution is -2.17. The van der Waals surface area contributed by atoms with E-state index in [9.17, 15) is 12.8 Å². The highest BCUT2D eigenvalue weighted by molar-refractivity contribution is 7.91. The van der Waals surface area contributed by atoms with Crippen molar-refractivity contribution in [3.63, 3.8) is 0 Å². The zero-order valence-electron chi connectivity index (χ0n) is 9.40. The molecule has 0 unspecified atom stereocenters. The second-order valence-electron chi connectivity index (χ2n) is 3.97. The Labute approximate surface area is 95.4 Å². The van der Waals surface area contributed by atoms with Crippen LogP contribution in [0.4, 0.5) is 4.39 Å². The molecule has 0 aliphatic heterocycles. The second-order valence-corrected chi connectivity index (χ2v) is 6.53. The van der Waals surface area contributed by atoms with E-state index in [1.165, 1.54) is 18.2 Å². The summed E-state index contributed by atoms with van der Waals surface area (Å²) in [6, 6.07) is 4.02. The van der Waals surface area contributed by atoms with E-state index in [0.29, 0.717) is 11.1 Å². The van der Waals surface area contributed by atoms with Crippen LogP contribution in [0.25, 0.3) is 0 Å². The first-order valence-electron chi connectivity index (χ1n) is 5.05. The SMILES string of the molecule is CC(C)S(=O)(=O)Cc1ccc(F)cc1CN. The van der Waals surface area contributed by atoms with Gasteiger partial charge in [-0.25, -0.2) is 12.8 Å². The van der Waals surface area contributed by atoms with Gasteiger partial charge in [0.25, 0.3) is 0 Å². The van der Waals surface area contributed by atoms with Crippen LogP contribution in [0.5, 0.6) is 0 Å². The number of rotatable bonds is 4. The third-order valence-corrected chi connectivity index (χ3v) is 4.61. The topological polar surface area (TPSA) is 60.2 Å². The summed E-state index contributed by atoms with van der Waals surface area (Å²) < 4.78 is 36.4. The van der Waals surface area contributed by atoms with Crippen molar-refractivity contribution in [3.8, 4) is 0 Å². The number of hydrogen-bond acceptors (Lipinski definition) is 3. The lowest BCUT2D eigenvalue weighted by atomic mass is 10.1. The number of hydrogen-bond donors (Lipinski definition) is 1. The molecular formula is C11H16FNO2S. The fraction of sp³-hybridized carbons (Fsp3) is 0.455. The molecule has 0 fully saturated rings. The van der Waals surface area contributed by atoms with Crippen LogP contribution in [0.3, 0.4) is 0 Å². The lowest BCUT2D eigenvalue weighted by Gasteiger charge is -2.11. The minimum Gasteiger partial charge on any atom is -0.326 e. The van der Waals surface area contributed by atoms with Crippen molar-refractivity contribution in [2.45, 2.75) is 31.4 Å². The average Bonchev–Trinajstić information content (AvgIpc) is 2.20. The van der Waals surface area contributed by atoms with E-state index >= 15 is 0 Å². The predicted molar refractivity (Wildman–Crippen MR) is 62.1 cm³/mol. The maximum atomic E-state index is 12.9. The van der Waals surface area contributed by atoms with Crippen LogP contribution in [0.15, 0.2) is 18.2 Å². The van der Waals surface area contributed by atoms with Crippen molar-refractivity contribution < 1.29 is 12.8 Å². The maximum Gasteiger partial charge on any atom is 0.156 e. The Kier molecular flexibility index (Phi) is 4.04. The van der Waals surface area contributed by atoms with Gasteiger partial charge in [0.1, 0.15) is 5.82 Å². The second kappa shape index (κ2) is 4.93. The van der Waals surface area contributed by atoms with E-state index < -0.39 is 20.9 Å². The fourth-order valence-electron chi connectivity index (χ4n) is 1.31. The molecule has 0 bridgehead atoms. The molecule has 0 spiro atoms. The molecule has 5 heteroatoms. The smallest absolute Gasteiger partial charge is 0.156 e. The van der Waals surface area contributed by atoms with Crippen molar-refractivity contribution >= 4 is 9.84 Å². The Bertz CT molecular complexity index is 469. The Morgan fingerprint density at radius 2 is 1.94 bits per heavy atom. The molecule has 0 saturated carbocycles. The summed E-state index contributed by atoms with van der Waals surface area (Å²) in [5.41, 5.74) is 6.58. The number of sulfone groups is 1. The standard InChI is InChI=1S/C11H16FNO2S/c1-8(2)16(14,15)7-9-3-4-11(12)5-10(9)6-13/h3-5,8H,6-7,13H2,1-2H3. The van der Waals surface area contributed by atoms with Crippen molar-refractivity contribution in [1.82, 2.24) is 0 Å². The highest BCUT2D eigenvalue weighted by atomic mass is 32.2. The van der Waals surface area contributed by atoms with Gasteiger partial charge in [0.05, 0.1) is 11.0 Å². The first-order chi connectivity index (χ1) is 7.36. The monoisotopic (exact) mass is 245 g/mol. The molecule has 0 heterocycles. The Hall–Kier alpha value is -0.940. The largest absolute Gasteiger partial charge is 0.326 e. The Morgan fingerprint density at radius 1 is 1.31 bits per heavy atom.